The highest BCUT2D eigenvalue weighted by atomic mass is 19.1. The van der Waals surface area contributed by atoms with Crippen molar-refractivity contribution in [2.75, 3.05) is 20.2 Å². The Balaban J connectivity index is 2.02. The molecule has 3 heteroatoms. The highest BCUT2D eigenvalue weighted by Crippen LogP contribution is 2.20. The first-order valence-corrected chi connectivity index (χ1v) is 5.77. The predicted octanol–water partition coefficient (Wildman–Crippen LogP) is 1.99. The molecule has 2 atom stereocenters. The Bertz CT molecular complexity index is 342. The molecule has 1 heterocycles. The van der Waals surface area contributed by atoms with Gasteiger partial charge in [0.05, 0.1) is 6.10 Å². The molecule has 1 N–H and O–H groups in total. The lowest BCUT2D eigenvalue weighted by atomic mass is 9.88. The first-order chi connectivity index (χ1) is 7.79. The van der Waals surface area contributed by atoms with Crippen molar-refractivity contribution in [3.05, 3.63) is 35.6 Å². The number of halogens is 1. The molecule has 1 aliphatic rings. The van der Waals surface area contributed by atoms with E-state index >= 15 is 0 Å². The summed E-state index contributed by atoms with van der Waals surface area (Å²) in [6, 6.07) is 6.86. The Hall–Kier alpha value is -0.930. The van der Waals surface area contributed by atoms with Crippen molar-refractivity contribution in [3.8, 4) is 0 Å². The van der Waals surface area contributed by atoms with Gasteiger partial charge in [0.25, 0.3) is 0 Å². The van der Waals surface area contributed by atoms with Crippen LogP contribution in [0.3, 0.4) is 0 Å². The van der Waals surface area contributed by atoms with E-state index in [1.165, 1.54) is 6.07 Å². The van der Waals surface area contributed by atoms with Gasteiger partial charge in [0.2, 0.25) is 0 Å². The van der Waals surface area contributed by atoms with Gasteiger partial charge in [-0.3, -0.25) is 0 Å². The number of benzene rings is 1. The van der Waals surface area contributed by atoms with Gasteiger partial charge in [-0.15, -0.1) is 0 Å². The topological polar surface area (TPSA) is 21.3 Å². The Morgan fingerprint density at radius 3 is 3.12 bits per heavy atom. The molecule has 2 rings (SSSR count). The maximum absolute atomic E-state index is 13.1. The van der Waals surface area contributed by atoms with Crippen molar-refractivity contribution < 1.29 is 9.13 Å². The molecule has 0 aliphatic carbocycles. The molecule has 0 radical (unpaired) electrons. The highest BCUT2D eigenvalue weighted by molar-refractivity contribution is 5.17. The van der Waals surface area contributed by atoms with Crippen LogP contribution in [-0.4, -0.2) is 26.3 Å². The monoisotopic (exact) mass is 223 g/mol. The Kier molecular flexibility index (Phi) is 3.91. The second-order valence-corrected chi connectivity index (χ2v) is 4.36. The zero-order valence-electron chi connectivity index (χ0n) is 9.58. The number of ether oxygens (including phenoxy) is 1. The zero-order chi connectivity index (χ0) is 11.4. The molecule has 1 fully saturated rings. The van der Waals surface area contributed by atoms with E-state index in [0.717, 1.165) is 31.5 Å². The van der Waals surface area contributed by atoms with Gasteiger partial charge in [-0.1, -0.05) is 12.1 Å². The summed E-state index contributed by atoms with van der Waals surface area (Å²) in [6.07, 6.45) is 2.24. The van der Waals surface area contributed by atoms with E-state index in [9.17, 15) is 4.39 Å². The van der Waals surface area contributed by atoms with Crippen LogP contribution >= 0.6 is 0 Å². The average Bonchev–Trinajstić information content (AvgIpc) is 2.30. The summed E-state index contributed by atoms with van der Waals surface area (Å²) in [7, 11) is 1.75. The first kappa shape index (κ1) is 11.6. The molecule has 0 spiro atoms. The van der Waals surface area contributed by atoms with Crippen molar-refractivity contribution in [3.63, 3.8) is 0 Å². The molecule has 0 unspecified atom stereocenters. The smallest absolute Gasteiger partial charge is 0.123 e. The first-order valence-electron chi connectivity index (χ1n) is 5.77. The summed E-state index contributed by atoms with van der Waals surface area (Å²) in [5.74, 6) is 0.341. The van der Waals surface area contributed by atoms with Gasteiger partial charge < -0.3 is 10.1 Å². The van der Waals surface area contributed by atoms with Crippen LogP contribution in [0.5, 0.6) is 0 Å². The molecule has 16 heavy (non-hydrogen) atoms. The van der Waals surface area contributed by atoms with Gasteiger partial charge >= 0.3 is 0 Å². The predicted molar refractivity (Wildman–Crippen MR) is 61.9 cm³/mol. The molecule has 0 amide bonds. The molecule has 0 bridgehead atoms. The summed E-state index contributed by atoms with van der Waals surface area (Å²) in [4.78, 5) is 0. The normalized spacial score (nSPS) is 25.6. The van der Waals surface area contributed by atoms with Crippen LogP contribution in [0.2, 0.25) is 0 Å². The third-order valence-corrected chi connectivity index (χ3v) is 3.25. The van der Waals surface area contributed by atoms with Crippen molar-refractivity contribution in [1.82, 2.24) is 5.32 Å². The lowest BCUT2D eigenvalue weighted by Gasteiger charge is -2.31. The average molecular weight is 223 g/mol. The van der Waals surface area contributed by atoms with Crippen LogP contribution in [0.25, 0.3) is 0 Å². The number of piperidine rings is 1. The molecule has 2 nitrogen and oxygen atoms in total. The fourth-order valence-electron chi connectivity index (χ4n) is 2.36. The van der Waals surface area contributed by atoms with Gasteiger partial charge in [-0.05, 0) is 43.0 Å². The maximum atomic E-state index is 13.1. The lowest BCUT2D eigenvalue weighted by molar-refractivity contribution is 0.0341. The third kappa shape index (κ3) is 2.80. The van der Waals surface area contributed by atoms with Gasteiger partial charge in [0.15, 0.2) is 0 Å². The van der Waals surface area contributed by atoms with Crippen molar-refractivity contribution in [2.45, 2.75) is 18.9 Å². The van der Waals surface area contributed by atoms with Gasteiger partial charge in [0, 0.05) is 13.7 Å². The van der Waals surface area contributed by atoms with Crippen molar-refractivity contribution in [2.24, 2.45) is 5.92 Å². The van der Waals surface area contributed by atoms with Crippen molar-refractivity contribution in [1.29, 1.82) is 0 Å². The molecule has 1 aromatic rings. The van der Waals surface area contributed by atoms with E-state index < -0.39 is 0 Å². The molecular weight excluding hydrogens is 205 g/mol. The van der Waals surface area contributed by atoms with Crippen LogP contribution in [-0.2, 0) is 11.2 Å². The van der Waals surface area contributed by atoms with E-state index in [-0.39, 0.29) is 11.9 Å². The molecule has 1 aliphatic heterocycles. The number of hydrogen-bond donors (Lipinski definition) is 1. The van der Waals surface area contributed by atoms with E-state index in [0.29, 0.717) is 5.92 Å². The second-order valence-electron chi connectivity index (χ2n) is 4.36. The molecule has 0 saturated carbocycles. The molecule has 1 aromatic carbocycles. The fraction of sp³-hybridized carbons (Fsp3) is 0.538. The van der Waals surface area contributed by atoms with Crippen LogP contribution in [0.1, 0.15) is 12.0 Å². The van der Waals surface area contributed by atoms with Gasteiger partial charge in [0.1, 0.15) is 5.82 Å². The summed E-state index contributed by atoms with van der Waals surface area (Å²) in [5.41, 5.74) is 1.06. The van der Waals surface area contributed by atoms with Crippen LogP contribution in [0.15, 0.2) is 24.3 Å². The summed E-state index contributed by atoms with van der Waals surface area (Å²) >= 11 is 0. The zero-order valence-corrected chi connectivity index (χ0v) is 9.58. The molecule has 0 aromatic heterocycles. The quantitative estimate of drug-likeness (QED) is 0.846. The summed E-state index contributed by atoms with van der Waals surface area (Å²) in [6.45, 7) is 1.93. The van der Waals surface area contributed by atoms with E-state index in [4.69, 9.17) is 4.74 Å². The minimum Gasteiger partial charge on any atom is -0.380 e. The summed E-state index contributed by atoms with van der Waals surface area (Å²) in [5, 5.41) is 3.31. The maximum Gasteiger partial charge on any atom is 0.123 e. The highest BCUT2D eigenvalue weighted by Gasteiger charge is 2.24. The minimum absolute atomic E-state index is 0.152. The number of rotatable bonds is 3. The molecular formula is C13H18FNO. The van der Waals surface area contributed by atoms with Gasteiger partial charge in [-0.25, -0.2) is 4.39 Å². The van der Waals surface area contributed by atoms with Gasteiger partial charge in [-0.2, -0.15) is 0 Å². The Morgan fingerprint density at radius 2 is 2.38 bits per heavy atom. The standard InChI is InChI=1S/C13H18FNO/c1-16-13-9-15-6-5-11(13)7-10-3-2-4-12(14)8-10/h2-4,8,11,13,15H,5-7,9H2,1H3/t11-,13+/m1/s1. The minimum atomic E-state index is -0.152. The SMILES string of the molecule is CO[C@H]1CNCC[C@@H]1Cc1cccc(F)c1. The largest absolute Gasteiger partial charge is 0.380 e. The third-order valence-electron chi connectivity index (χ3n) is 3.25. The van der Waals surface area contributed by atoms with Crippen molar-refractivity contribution >= 4 is 0 Å². The Labute approximate surface area is 95.8 Å². The van der Waals surface area contributed by atoms with E-state index in [2.05, 4.69) is 5.32 Å². The second kappa shape index (κ2) is 5.41. The Morgan fingerprint density at radius 1 is 1.50 bits per heavy atom. The number of hydrogen-bond acceptors (Lipinski definition) is 2. The fourth-order valence-corrected chi connectivity index (χ4v) is 2.36. The van der Waals surface area contributed by atoms with E-state index in [1.807, 2.05) is 6.07 Å². The van der Waals surface area contributed by atoms with Crippen LogP contribution < -0.4 is 5.32 Å². The summed E-state index contributed by atoms with van der Waals surface area (Å²) < 4.78 is 18.5. The number of nitrogens with one attached hydrogen (secondary N) is 1. The lowest BCUT2D eigenvalue weighted by Crippen LogP contribution is -2.42. The molecule has 88 valence electrons. The number of methoxy groups -OCH3 is 1. The van der Waals surface area contributed by atoms with Crippen LogP contribution in [0.4, 0.5) is 4.39 Å². The molecule has 1 saturated heterocycles. The van der Waals surface area contributed by atoms with Crippen LogP contribution in [0, 0.1) is 11.7 Å². The van der Waals surface area contributed by atoms with E-state index in [1.54, 1.807) is 19.2 Å².